The minimum atomic E-state index is 0.468. The van der Waals surface area contributed by atoms with Crippen molar-refractivity contribution in [3.8, 4) is 0 Å². The smallest absolute Gasteiger partial charge is 0.0933 e. The maximum Gasteiger partial charge on any atom is 0.0933 e. The molecule has 2 atom stereocenters. The fourth-order valence-corrected chi connectivity index (χ4v) is 3.84. The van der Waals surface area contributed by atoms with Gasteiger partial charge in [0.2, 0.25) is 0 Å². The van der Waals surface area contributed by atoms with Crippen LogP contribution in [-0.2, 0) is 6.42 Å². The van der Waals surface area contributed by atoms with Crippen LogP contribution in [0.5, 0.6) is 0 Å². The summed E-state index contributed by atoms with van der Waals surface area (Å²) in [6.07, 6.45) is 6.38. The Morgan fingerprint density at radius 1 is 1.59 bits per heavy atom. The highest BCUT2D eigenvalue weighted by Crippen LogP contribution is 2.41. The van der Waals surface area contributed by atoms with Gasteiger partial charge in [0.15, 0.2) is 0 Å². The molecule has 1 heterocycles. The second kappa shape index (κ2) is 5.49. The van der Waals surface area contributed by atoms with Gasteiger partial charge in [-0.2, -0.15) is 0 Å². The first-order valence-electron chi connectivity index (χ1n) is 6.76. The molecule has 0 saturated heterocycles. The minimum Gasteiger partial charge on any atom is -0.314 e. The molecule has 2 unspecified atom stereocenters. The molecule has 1 saturated carbocycles. The van der Waals surface area contributed by atoms with Crippen LogP contribution in [0, 0.1) is 12.3 Å². The molecule has 2 rings (SSSR count). The fraction of sp³-hybridized carbons (Fsp3) is 0.786. The molecule has 3 heteroatoms. The summed E-state index contributed by atoms with van der Waals surface area (Å²) < 4.78 is 0. The maximum absolute atomic E-state index is 4.60. The van der Waals surface area contributed by atoms with E-state index in [1.54, 1.807) is 0 Å². The maximum atomic E-state index is 4.60. The van der Waals surface area contributed by atoms with Gasteiger partial charge >= 0.3 is 0 Å². The van der Waals surface area contributed by atoms with Crippen LogP contribution in [0.15, 0.2) is 5.38 Å². The van der Waals surface area contributed by atoms with Crippen LogP contribution >= 0.6 is 11.3 Å². The van der Waals surface area contributed by atoms with Crippen LogP contribution in [0.1, 0.15) is 50.2 Å². The SMILES string of the molecule is CCCNC1CCC(C)(Cc2nc(C)cs2)C1. The Morgan fingerprint density at radius 2 is 2.41 bits per heavy atom. The zero-order chi connectivity index (χ0) is 12.3. The molecular formula is C14H24N2S. The monoisotopic (exact) mass is 252 g/mol. The first-order valence-corrected chi connectivity index (χ1v) is 7.64. The Morgan fingerprint density at radius 3 is 3.06 bits per heavy atom. The number of hydrogen-bond acceptors (Lipinski definition) is 3. The van der Waals surface area contributed by atoms with Crippen molar-refractivity contribution in [3.63, 3.8) is 0 Å². The molecule has 17 heavy (non-hydrogen) atoms. The van der Waals surface area contributed by atoms with Gasteiger partial charge in [-0.15, -0.1) is 11.3 Å². The van der Waals surface area contributed by atoms with Crippen LogP contribution in [0.2, 0.25) is 0 Å². The third kappa shape index (κ3) is 3.52. The van der Waals surface area contributed by atoms with E-state index in [9.17, 15) is 0 Å². The van der Waals surface area contributed by atoms with Crippen molar-refractivity contribution >= 4 is 11.3 Å². The van der Waals surface area contributed by atoms with Crippen molar-refractivity contribution in [1.82, 2.24) is 10.3 Å². The molecule has 1 aliphatic rings. The molecule has 1 aromatic rings. The number of aromatic nitrogens is 1. The van der Waals surface area contributed by atoms with E-state index in [4.69, 9.17) is 0 Å². The lowest BCUT2D eigenvalue weighted by Crippen LogP contribution is -2.28. The van der Waals surface area contributed by atoms with Gasteiger partial charge < -0.3 is 5.32 Å². The Hall–Kier alpha value is -0.410. The second-order valence-electron chi connectivity index (χ2n) is 5.76. The third-order valence-electron chi connectivity index (χ3n) is 3.76. The summed E-state index contributed by atoms with van der Waals surface area (Å²) in [5, 5.41) is 7.15. The van der Waals surface area contributed by atoms with Gasteiger partial charge in [0.05, 0.1) is 5.01 Å². The molecule has 0 bridgehead atoms. The van der Waals surface area contributed by atoms with E-state index in [-0.39, 0.29) is 0 Å². The average Bonchev–Trinajstić information content (AvgIpc) is 2.83. The van der Waals surface area contributed by atoms with E-state index in [0.29, 0.717) is 5.41 Å². The van der Waals surface area contributed by atoms with E-state index in [1.807, 2.05) is 11.3 Å². The van der Waals surface area contributed by atoms with Gasteiger partial charge in [-0.05, 0) is 44.6 Å². The highest BCUT2D eigenvalue weighted by atomic mass is 32.1. The van der Waals surface area contributed by atoms with E-state index in [1.165, 1.54) is 36.4 Å². The fourth-order valence-electron chi connectivity index (χ4n) is 2.85. The summed E-state index contributed by atoms with van der Waals surface area (Å²) >= 11 is 1.82. The molecule has 96 valence electrons. The predicted molar refractivity (Wildman–Crippen MR) is 74.6 cm³/mol. The summed E-state index contributed by atoms with van der Waals surface area (Å²) in [7, 11) is 0. The molecule has 0 aliphatic heterocycles. The summed E-state index contributed by atoms with van der Waals surface area (Å²) in [5.41, 5.74) is 1.64. The van der Waals surface area contributed by atoms with Crippen molar-refractivity contribution in [2.75, 3.05) is 6.54 Å². The summed E-state index contributed by atoms with van der Waals surface area (Å²) in [5.74, 6) is 0. The number of aryl methyl sites for hydroxylation is 1. The third-order valence-corrected chi connectivity index (χ3v) is 4.73. The van der Waals surface area contributed by atoms with Crippen molar-refractivity contribution < 1.29 is 0 Å². The van der Waals surface area contributed by atoms with Gasteiger partial charge in [0, 0.05) is 23.5 Å². The van der Waals surface area contributed by atoms with E-state index in [0.717, 1.165) is 19.0 Å². The van der Waals surface area contributed by atoms with Crippen molar-refractivity contribution in [2.45, 2.75) is 58.9 Å². The molecule has 0 radical (unpaired) electrons. The Bertz CT molecular complexity index is 361. The lowest BCUT2D eigenvalue weighted by atomic mass is 9.85. The van der Waals surface area contributed by atoms with Crippen molar-refractivity contribution in [2.24, 2.45) is 5.41 Å². The summed E-state index contributed by atoms with van der Waals surface area (Å²) in [6.45, 7) is 7.91. The average molecular weight is 252 g/mol. The van der Waals surface area contributed by atoms with Gasteiger partial charge in [-0.1, -0.05) is 13.8 Å². The molecule has 1 fully saturated rings. The Labute approximate surface area is 109 Å². The lowest BCUT2D eigenvalue weighted by molar-refractivity contribution is 0.321. The summed E-state index contributed by atoms with van der Waals surface area (Å²) in [4.78, 5) is 4.60. The van der Waals surface area contributed by atoms with Crippen molar-refractivity contribution in [1.29, 1.82) is 0 Å². The van der Waals surface area contributed by atoms with Crippen LogP contribution in [0.3, 0.4) is 0 Å². The van der Waals surface area contributed by atoms with Gasteiger partial charge in [0.1, 0.15) is 0 Å². The van der Waals surface area contributed by atoms with Gasteiger partial charge in [-0.25, -0.2) is 4.98 Å². The van der Waals surface area contributed by atoms with E-state index in [2.05, 4.69) is 36.5 Å². The molecule has 1 aliphatic carbocycles. The first-order chi connectivity index (χ1) is 8.11. The number of nitrogens with zero attached hydrogens (tertiary/aromatic N) is 1. The highest BCUT2D eigenvalue weighted by molar-refractivity contribution is 7.09. The molecular weight excluding hydrogens is 228 g/mol. The highest BCUT2D eigenvalue weighted by Gasteiger charge is 2.35. The number of rotatable bonds is 5. The topological polar surface area (TPSA) is 24.9 Å². The number of thiazole rings is 1. The van der Waals surface area contributed by atoms with Crippen LogP contribution < -0.4 is 5.32 Å². The van der Waals surface area contributed by atoms with E-state index >= 15 is 0 Å². The largest absolute Gasteiger partial charge is 0.314 e. The quantitative estimate of drug-likeness (QED) is 0.867. The number of hydrogen-bond donors (Lipinski definition) is 1. The predicted octanol–water partition coefficient (Wildman–Crippen LogP) is 3.55. The van der Waals surface area contributed by atoms with Crippen LogP contribution in [0.25, 0.3) is 0 Å². The standard InChI is InChI=1S/C14H24N2S/c1-4-7-15-12-5-6-14(3,8-12)9-13-16-11(2)10-17-13/h10,12,15H,4-9H2,1-3H3. The van der Waals surface area contributed by atoms with Gasteiger partial charge in [0.25, 0.3) is 0 Å². The zero-order valence-corrected chi connectivity index (χ0v) is 12.1. The molecule has 0 spiro atoms. The molecule has 0 aromatic carbocycles. The van der Waals surface area contributed by atoms with E-state index < -0.39 is 0 Å². The summed E-state index contributed by atoms with van der Waals surface area (Å²) in [6, 6.07) is 0.737. The lowest BCUT2D eigenvalue weighted by Gasteiger charge is -2.23. The number of nitrogens with one attached hydrogen (secondary N) is 1. The first kappa shape index (κ1) is 13.0. The molecule has 1 N–H and O–H groups in total. The van der Waals surface area contributed by atoms with Crippen molar-refractivity contribution in [3.05, 3.63) is 16.1 Å². The van der Waals surface area contributed by atoms with Gasteiger partial charge in [-0.3, -0.25) is 0 Å². The van der Waals surface area contributed by atoms with Crippen LogP contribution in [-0.4, -0.2) is 17.6 Å². The molecule has 0 amide bonds. The molecule has 1 aromatic heterocycles. The zero-order valence-electron chi connectivity index (χ0n) is 11.3. The second-order valence-corrected chi connectivity index (χ2v) is 6.71. The Kier molecular flexibility index (Phi) is 4.21. The molecule has 2 nitrogen and oxygen atoms in total. The van der Waals surface area contributed by atoms with Crippen LogP contribution in [0.4, 0.5) is 0 Å². The Balaban J connectivity index is 1.88. The normalized spacial score (nSPS) is 28.8. The minimum absolute atomic E-state index is 0.468.